The fourth-order valence-electron chi connectivity index (χ4n) is 2.38. The minimum atomic E-state index is -0.762. The molecule has 1 saturated heterocycles. The van der Waals surface area contributed by atoms with Gasteiger partial charge in [0, 0.05) is 13.1 Å². The Morgan fingerprint density at radius 3 is 2.65 bits per heavy atom. The highest BCUT2D eigenvalue weighted by Gasteiger charge is 2.34. The molecule has 2 unspecified atom stereocenters. The second kappa shape index (κ2) is 6.00. The maximum Gasteiger partial charge on any atom is 0.306 e. The van der Waals surface area contributed by atoms with Gasteiger partial charge in [0.25, 0.3) is 0 Å². The molecule has 1 aliphatic heterocycles. The van der Waals surface area contributed by atoms with Crippen molar-refractivity contribution in [3.05, 3.63) is 0 Å². The fourth-order valence-corrected chi connectivity index (χ4v) is 2.38. The standard InChI is InChI=1S/C12H22N2O3/c1-3-4-10(13)11(15)14-6-5-9(12(16)17)8(2)7-14/h8-10H,3-7,13H2,1-2H3,(H,16,17)/t8?,9?,10-/m1/s1. The molecule has 0 aromatic carbocycles. The van der Waals surface area contributed by atoms with Gasteiger partial charge in [-0.05, 0) is 18.8 Å². The molecule has 1 fully saturated rings. The molecule has 0 saturated carbocycles. The Hall–Kier alpha value is -1.10. The molecule has 5 nitrogen and oxygen atoms in total. The molecule has 98 valence electrons. The van der Waals surface area contributed by atoms with Crippen LogP contribution < -0.4 is 5.73 Å². The molecule has 1 aliphatic rings. The van der Waals surface area contributed by atoms with Crippen LogP contribution in [0.5, 0.6) is 0 Å². The van der Waals surface area contributed by atoms with Crippen molar-refractivity contribution in [1.29, 1.82) is 0 Å². The predicted molar refractivity (Wildman–Crippen MR) is 64.4 cm³/mol. The van der Waals surface area contributed by atoms with Gasteiger partial charge in [-0.2, -0.15) is 0 Å². The third-order valence-corrected chi connectivity index (χ3v) is 3.45. The number of carboxylic acids is 1. The minimum absolute atomic E-state index is 0.000901. The number of hydrogen-bond acceptors (Lipinski definition) is 3. The van der Waals surface area contributed by atoms with E-state index in [-0.39, 0.29) is 17.7 Å². The first-order chi connectivity index (χ1) is 7.97. The van der Waals surface area contributed by atoms with E-state index in [2.05, 4.69) is 0 Å². The Kier molecular flexibility index (Phi) is 4.93. The van der Waals surface area contributed by atoms with Gasteiger partial charge in [0.1, 0.15) is 0 Å². The molecule has 5 heteroatoms. The zero-order chi connectivity index (χ0) is 13.0. The molecule has 17 heavy (non-hydrogen) atoms. The van der Waals surface area contributed by atoms with E-state index in [1.54, 1.807) is 4.90 Å². The number of carbonyl (C=O) groups excluding carboxylic acids is 1. The third-order valence-electron chi connectivity index (χ3n) is 3.45. The normalized spacial score (nSPS) is 26.6. The lowest BCUT2D eigenvalue weighted by Crippen LogP contribution is -2.50. The maximum absolute atomic E-state index is 12.0. The number of carboxylic acid groups (broad SMARTS) is 1. The Bertz CT molecular complexity index is 293. The van der Waals surface area contributed by atoms with Crippen LogP contribution in [0.15, 0.2) is 0 Å². The first kappa shape index (κ1) is 14.0. The summed E-state index contributed by atoms with van der Waals surface area (Å²) in [5, 5.41) is 9.00. The lowest BCUT2D eigenvalue weighted by Gasteiger charge is -2.36. The Labute approximate surface area is 102 Å². The van der Waals surface area contributed by atoms with Gasteiger partial charge in [0.15, 0.2) is 0 Å². The second-order valence-electron chi connectivity index (χ2n) is 4.89. The van der Waals surface area contributed by atoms with E-state index < -0.39 is 12.0 Å². The molecule has 1 amide bonds. The van der Waals surface area contributed by atoms with Crippen LogP contribution in [0.3, 0.4) is 0 Å². The summed E-state index contributed by atoms with van der Waals surface area (Å²) in [4.78, 5) is 24.6. The number of nitrogens with two attached hydrogens (primary N) is 1. The number of carbonyl (C=O) groups is 2. The number of piperidine rings is 1. The Morgan fingerprint density at radius 2 is 2.18 bits per heavy atom. The summed E-state index contributed by atoms with van der Waals surface area (Å²) in [6.07, 6.45) is 2.10. The van der Waals surface area contributed by atoms with Crippen LogP contribution in [-0.2, 0) is 9.59 Å². The van der Waals surface area contributed by atoms with Crippen LogP contribution >= 0.6 is 0 Å². The number of hydrogen-bond donors (Lipinski definition) is 2. The number of rotatable bonds is 4. The van der Waals surface area contributed by atoms with Crippen molar-refractivity contribution in [3.8, 4) is 0 Å². The van der Waals surface area contributed by atoms with Gasteiger partial charge < -0.3 is 15.7 Å². The molecule has 0 radical (unpaired) electrons. The van der Waals surface area contributed by atoms with Crippen molar-refractivity contribution >= 4 is 11.9 Å². The first-order valence-corrected chi connectivity index (χ1v) is 6.24. The molecule has 1 rings (SSSR count). The maximum atomic E-state index is 12.0. The zero-order valence-electron chi connectivity index (χ0n) is 10.6. The van der Waals surface area contributed by atoms with E-state index in [1.807, 2.05) is 13.8 Å². The van der Waals surface area contributed by atoms with Gasteiger partial charge in [-0.3, -0.25) is 9.59 Å². The fraction of sp³-hybridized carbons (Fsp3) is 0.833. The number of nitrogens with zero attached hydrogens (tertiary/aromatic N) is 1. The van der Waals surface area contributed by atoms with Crippen molar-refractivity contribution in [2.24, 2.45) is 17.6 Å². The summed E-state index contributed by atoms with van der Waals surface area (Å²) in [6, 6.07) is -0.437. The van der Waals surface area contributed by atoms with Gasteiger partial charge in [0.2, 0.25) is 5.91 Å². The topological polar surface area (TPSA) is 83.6 Å². The van der Waals surface area contributed by atoms with Crippen molar-refractivity contribution < 1.29 is 14.7 Å². The largest absolute Gasteiger partial charge is 0.481 e. The predicted octanol–water partition coefficient (Wildman–Crippen LogP) is 0.683. The summed E-state index contributed by atoms with van der Waals surface area (Å²) in [6.45, 7) is 4.89. The molecule has 0 aromatic rings. The van der Waals surface area contributed by atoms with Gasteiger partial charge in [-0.1, -0.05) is 20.3 Å². The summed E-state index contributed by atoms with van der Waals surface area (Å²) >= 11 is 0. The highest BCUT2D eigenvalue weighted by molar-refractivity contribution is 5.82. The summed E-state index contributed by atoms with van der Waals surface area (Å²) < 4.78 is 0. The van der Waals surface area contributed by atoms with E-state index in [9.17, 15) is 9.59 Å². The highest BCUT2D eigenvalue weighted by atomic mass is 16.4. The summed E-state index contributed by atoms with van der Waals surface area (Å²) in [5.41, 5.74) is 5.79. The molecular formula is C12H22N2O3. The highest BCUT2D eigenvalue weighted by Crippen LogP contribution is 2.24. The zero-order valence-corrected chi connectivity index (χ0v) is 10.6. The van der Waals surface area contributed by atoms with E-state index in [0.29, 0.717) is 25.9 Å². The first-order valence-electron chi connectivity index (χ1n) is 6.24. The van der Waals surface area contributed by atoms with E-state index in [0.717, 1.165) is 6.42 Å². The summed E-state index contributed by atoms with van der Waals surface area (Å²) in [7, 11) is 0. The average Bonchev–Trinajstić information content (AvgIpc) is 2.27. The third kappa shape index (κ3) is 3.43. The van der Waals surface area contributed by atoms with Crippen LogP contribution in [0.4, 0.5) is 0 Å². The van der Waals surface area contributed by atoms with Crippen molar-refractivity contribution in [2.75, 3.05) is 13.1 Å². The molecule has 0 spiro atoms. The van der Waals surface area contributed by atoms with E-state index >= 15 is 0 Å². The molecule has 0 aromatic heterocycles. The van der Waals surface area contributed by atoms with Crippen molar-refractivity contribution in [3.63, 3.8) is 0 Å². The average molecular weight is 242 g/mol. The van der Waals surface area contributed by atoms with Gasteiger partial charge in [-0.15, -0.1) is 0 Å². The smallest absolute Gasteiger partial charge is 0.306 e. The lowest BCUT2D eigenvalue weighted by atomic mass is 9.86. The van der Waals surface area contributed by atoms with Crippen LogP contribution in [-0.4, -0.2) is 41.0 Å². The summed E-state index contributed by atoms with van der Waals surface area (Å²) in [5.74, 6) is -1.13. The van der Waals surface area contributed by atoms with Crippen molar-refractivity contribution in [1.82, 2.24) is 4.90 Å². The van der Waals surface area contributed by atoms with Crippen LogP contribution in [0.1, 0.15) is 33.1 Å². The molecule has 0 bridgehead atoms. The van der Waals surface area contributed by atoms with E-state index in [1.165, 1.54) is 0 Å². The van der Waals surface area contributed by atoms with Crippen LogP contribution in [0, 0.1) is 11.8 Å². The number of likely N-dealkylation sites (tertiary alicyclic amines) is 1. The van der Waals surface area contributed by atoms with Crippen LogP contribution in [0.25, 0.3) is 0 Å². The van der Waals surface area contributed by atoms with Gasteiger partial charge in [0.05, 0.1) is 12.0 Å². The second-order valence-corrected chi connectivity index (χ2v) is 4.89. The van der Waals surface area contributed by atoms with Crippen molar-refractivity contribution in [2.45, 2.75) is 39.2 Å². The number of amides is 1. The van der Waals surface area contributed by atoms with E-state index in [4.69, 9.17) is 10.8 Å². The van der Waals surface area contributed by atoms with Gasteiger partial charge >= 0.3 is 5.97 Å². The monoisotopic (exact) mass is 242 g/mol. The molecule has 0 aliphatic carbocycles. The molecule has 3 atom stereocenters. The lowest BCUT2D eigenvalue weighted by molar-refractivity contribution is -0.148. The minimum Gasteiger partial charge on any atom is -0.481 e. The molecule has 3 N–H and O–H groups in total. The quantitative estimate of drug-likeness (QED) is 0.759. The SMILES string of the molecule is CCC[C@@H](N)C(=O)N1CCC(C(=O)O)C(C)C1. The Morgan fingerprint density at radius 1 is 1.53 bits per heavy atom. The molecule has 1 heterocycles. The van der Waals surface area contributed by atoms with Crippen LogP contribution in [0.2, 0.25) is 0 Å². The number of aliphatic carboxylic acids is 1. The molecular weight excluding hydrogens is 220 g/mol. The van der Waals surface area contributed by atoms with Gasteiger partial charge in [-0.25, -0.2) is 0 Å². The Balaban J connectivity index is 2.54.